The van der Waals surface area contributed by atoms with Crippen LogP contribution in [0.15, 0.2) is 18.2 Å². The van der Waals surface area contributed by atoms with Gasteiger partial charge in [0.1, 0.15) is 0 Å². The molecule has 6 heteroatoms. The number of ether oxygens (including phenoxy) is 2. The first-order valence-electron chi connectivity index (χ1n) is 8.88. The molecular formula is C19H26N2O4. The summed E-state index contributed by atoms with van der Waals surface area (Å²) in [7, 11) is 3.42. The normalized spacial score (nSPS) is 25.1. The lowest BCUT2D eigenvalue weighted by molar-refractivity contribution is -0.124. The van der Waals surface area contributed by atoms with Crippen LogP contribution in [0.25, 0.3) is 0 Å². The fourth-order valence-corrected chi connectivity index (χ4v) is 4.00. The van der Waals surface area contributed by atoms with Gasteiger partial charge >= 0.3 is 0 Å². The van der Waals surface area contributed by atoms with E-state index >= 15 is 0 Å². The van der Waals surface area contributed by atoms with Crippen molar-refractivity contribution in [2.24, 2.45) is 11.8 Å². The van der Waals surface area contributed by atoms with Crippen LogP contribution in [0.5, 0.6) is 11.5 Å². The van der Waals surface area contributed by atoms with Crippen LogP contribution in [-0.2, 0) is 4.79 Å². The van der Waals surface area contributed by atoms with E-state index in [1.54, 1.807) is 25.3 Å². The molecule has 1 aromatic carbocycles. The van der Waals surface area contributed by atoms with Crippen molar-refractivity contribution in [3.05, 3.63) is 23.8 Å². The number of nitrogens with zero attached hydrogens (tertiary/aromatic N) is 1. The largest absolute Gasteiger partial charge is 0.493 e. The fraction of sp³-hybridized carbons (Fsp3) is 0.579. The maximum atomic E-state index is 12.9. The third-order valence-corrected chi connectivity index (χ3v) is 5.40. The van der Waals surface area contributed by atoms with Gasteiger partial charge in [-0.25, -0.2) is 0 Å². The van der Waals surface area contributed by atoms with Gasteiger partial charge in [-0.2, -0.15) is 0 Å². The van der Waals surface area contributed by atoms with E-state index in [0.29, 0.717) is 41.9 Å². The van der Waals surface area contributed by atoms with Gasteiger partial charge in [0, 0.05) is 31.6 Å². The molecule has 1 aliphatic carbocycles. The number of hydrogen-bond donors (Lipinski definition) is 1. The summed E-state index contributed by atoms with van der Waals surface area (Å²) in [6, 6.07) is 5.46. The summed E-state index contributed by atoms with van der Waals surface area (Å²) >= 11 is 0. The number of amides is 2. The Kier molecular flexibility index (Phi) is 5.16. The number of carbonyl (C=O) groups is 2. The third kappa shape index (κ3) is 3.57. The minimum atomic E-state index is -0.0238. The lowest BCUT2D eigenvalue weighted by atomic mass is 9.89. The number of piperidine rings is 1. The lowest BCUT2D eigenvalue weighted by Crippen LogP contribution is -2.38. The minimum Gasteiger partial charge on any atom is -0.493 e. The second-order valence-electron chi connectivity index (χ2n) is 6.87. The van der Waals surface area contributed by atoms with Crippen LogP contribution in [0.3, 0.4) is 0 Å². The van der Waals surface area contributed by atoms with Crippen molar-refractivity contribution in [3.8, 4) is 11.5 Å². The first kappa shape index (κ1) is 17.6. The van der Waals surface area contributed by atoms with Crippen LogP contribution >= 0.6 is 0 Å². The Morgan fingerprint density at radius 1 is 1.28 bits per heavy atom. The molecule has 1 saturated carbocycles. The number of nitrogens with one attached hydrogen (secondary N) is 1. The molecule has 0 spiro atoms. The van der Waals surface area contributed by atoms with Gasteiger partial charge in [0.05, 0.1) is 13.7 Å². The molecule has 0 bridgehead atoms. The summed E-state index contributed by atoms with van der Waals surface area (Å²) in [5, 5.41) is 2.93. The highest BCUT2D eigenvalue weighted by atomic mass is 16.5. The molecule has 2 fully saturated rings. The number of methoxy groups -OCH3 is 1. The molecule has 0 radical (unpaired) electrons. The quantitative estimate of drug-likeness (QED) is 0.886. The molecule has 136 valence electrons. The average Bonchev–Trinajstić information content (AvgIpc) is 3.04. The molecule has 1 saturated heterocycles. The molecule has 1 aliphatic heterocycles. The molecule has 2 aliphatic rings. The summed E-state index contributed by atoms with van der Waals surface area (Å²) in [5.74, 6) is 2.18. The highest BCUT2D eigenvalue weighted by Crippen LogP contribution is 2.38. The van der Waals surface area contributed by atoms with E-state index in [1.807, 2.05) is 18.9 Å². The summed E-state index contributed by atoms with van der Waals surface area (Å²) < 4.78 is 10.8. The van der Waals surface area contributed by atoms with E-state index < -0.39 is 0 Å². The van der Waals surface area contributed by atoms with Crippen molar-refractivity contribution in [3.63, 3.8) is 0 Å². The van der Waals surface area contributed by atoms with Crippen molar-refractivity contribution in [2.75, 3.05) is 27.3 Å². The van der Waals surface area contributed by atoms with Gasteiger partial charge in [0.2, 0.25) is 5.91 Å². The molecule has 3 atom stereocenters. The average molecular weight is 346 g/mol. The number of fused-ring (bicyclic) bond motifs is 1. The predicted molar refractivity (Wildman–Crippen MR) is 93.9 cm³/mol. The number of rotatable bonds is 5. The zero-order chi connectivity index (χ0) is 18.0. The van der Waals surface area contributed by atoms with Crippen LogP contribution in [0.1, 0.15) is 36.5 Å². The number of benzene rings is 1. The maximum Gasteiger partial charge on any atom is 0.253 e. The maximum absolute atomic E-state index is 12.9. The molecule has 2 amide bonds. The van der Waals surface area contributed by atoms with E-state index in [4.69, 9.17) is 9.47 Å². The molecule has 25 heavy (non-hydrogen) atoms. The van der Waals surface area contributed by atoms with Gasteiger partial charge in [-0.1, -0.05) is 0 Å². The second kappa shape index (κ2) is 7.33. The van der Waals surface area contributed by atoms with Crippen molar-refractivity contribution in [1.82, 2.24) is 10.2 Å². The van der Waals surface area contributed by atoms with Gasteiger partial charge in [-0.15, -0.1) is 0 Å². The Bertz CT molecular complexity index is 661. The van der Waals surface area contributed by atoms with Crippen LogP contribution in [0.2, 0.25) is 0 Å². The lowest BCUT2D eigenvalue weighted by Gasteiger charge is -2.25. The zero-order valence-corrected chi connectivity index (χ0v) is 15.1. The van der Waals surface area contributed by atoms with Gasteiger partial charge in [-0.3, -0.25) is 9.59 Å². The molecular weight excluding hydrogens is 320 g/mol. The second-order valence-corrected chi connectivity index (χ2v) is 6.87. The van der Waals surface area contributed by atoms with E-state index in [0.717, 1.165) is 19.4 Å². The Morgan fingerprint density at radius 2 is 2.04 bits per heavy atom. The van der Waals surface area contributed by atoms with E-state index in [2.05, 4.69) is 5.32 Å². The summed E-state index contributed by atoms with van der Waals surface area (Å²) in [5.41, 5.74) is 0.590. The van der Waals surface area contributed by atoms with Crippen molar-refractivity contribution >= 4 is 11.8 Å². The topological polar surface area (TPSA) is 67.9 Å². The Labute approximate surface area is 148 Å². The van der Waals surface area contributed by atoms with Gasteiger partial charge in [0.15, 0.2) is 11.5 Å². The van der Waals surface area contributed by atoms with Gasteiger partial charge in [0.25, 0.3) is 5.91 Å². The summed E-state index contributed by atoms with van der Waals surface area (Å²) in [6.07, 6.45) is 2.43. The first-order valence-corrected chi connectivity index (χ1v) is 8.88. The highest BCUT2D eigenvalue weighted by molar-refractivity contribution is 5.95. The minimum absolute atomic E-state index is 0.0238. The highest BCUT2D eigenvalue weighted by Gasteiger charge is 2.40. The van der Waals surface area contributed by atoms with E-state index in [1.165, 1.54) is 0 Å². The fourth-order valence-electron chi connectivity index (χ4n) is 4.00. The third-order valence-electron chi connectivity index (χ3n) is 5.40. The Morgan fingerprint density at radius 3 is 2.76 bits per heavy atom. The first-order chi connectivity index (χ1) is 12.0. The van der Waals surface area contributed by atoms with Gasteiger partial charge in [-0.05, 0) is 49.8 Å². The number of carbonyl (C=O) groups excluding carboxylic acids is 2. The van der Waals surface area contributed by atoms with Crippen LogP contribution in [0, 0.1) is 11.8 Å². The molecule has 0 unspecified atom stereocenters. The smallest absolute Gasteiger partial charge is 0.253 e. The van der Waals surface area contributed by atoms with E-state index in [9.17, 15) is 9.59 Å². The van der Waals surface area contributed by atoms with Crippen molar-refractivity contribution in [1.29, 1.82) is 0 Å². The van der Waals surface area contributed by atoms with Crippen molar-refractivity contribution in [2.45, 2.75) is 32.2 Å². The standard InChI is InChI=1S/C19H26N2O4/c1-4-25-16-6-5-12(9-17(16)24-3)19(23)21(2)15-7-13-10-18(22)20-11-14(13)8-15/h5-6,9,13-15H,4,7-8,10-11H2,1-3H3,(H,20,22)/t13-,14+,15-/m1/s1. The summed E-state index contributed by atoms with van der Waals surface area (Å²) in [4.78, 5) is 26.3. The monoisotopic (exact) mass is 346 g/mol. The predicted octanol–water partition coefficient (Wildman–Crippen LogP) is 2.08. The Balaban J connectivity index is 1.71. The SMILES string of the molecule is CCOc1ccc(C(=O)N(C)[C@H]2C[C@H]3CNC(=O)C[C@H]3C2)cc1OC. The summed E-state index contributed by atoms with van der Waals surface area (Å²) in [6.45, 7) is 3.19. The van der Waals surface area contributed by atoms with Crippen LogP contribution in [0.4, 0.5) is 0 Å². The Hall–Kier alpha value is -2.24. The molecule has 6 nitrogen and oxygen atoms in total. The molecule has 1 N–H and O–H groups in total. The van der Waals surface area contributed by atoms with Crippen LogP contribution < -0.4 is 14.8 Å². The molecule has 1 aromatic rings. The van der Waals surface area contributed by atoms with E-state index in [-0.39, 0.29) is 17.9 Å². The zero-order valence-electron chi connectivity index (χ0n) is 15.1. The van der Waals surface area contributed by atoms with Crippen molar-refractivity contribution < 1.29 is 19.1 Å². The van der Waals surface area contributed by atoms with Crippen LogP contribution in [-0.4, -0.2) is 50.1 Å². The molecule has 3 rings (SSSR count). The molecule has 1 heterocycles. The van der Waals surface area contributed by atoms with Gasteiger partial charge < -0.3 is 19.7 Å². The molecule has 0 aromatic heterocycles. The number of hydrogen-bond acceptors (Lipinski definition) is 4.